The molecule has 2 rings (SSSR count). The van der Waals surface area contributed by atoms with Crippen LogP contribution in [-0.2, 0) is 6.61 Å². The van der Waals surface area contributed by atoms with E-state index in [2.05, 4.69) is 20.9 Å². The number of carboxylic acid groups (broad SMARTS) is 1. The van der Waals surface area contributed by atoms with Gasteiger partial charge in [-0.2, -0.15) is 0 Å². The van der Waals surface area contributed by atoms with Crippen LogP contribution in [0.1, 0.15) is 15.5 Å². The highest BCUT2D eigenvalue weighted by molar-refractivity contribution is 9.10. The van der Waals surface area contributed by atoms with Crippen LogP contribution in [0.2, 0.25) is 0 Å². The van der Waals surface area contributed by atoms with Crippen LogP contribution >= 0.6 is 27.3 Å². The van der Waals surface area contributed by atoms with Crippen LogP contribution in [0.3, 0.4) is 0 Å². The molecule has 1 heterocycles. The fourth-order valence-electron chi connectivity index (χ4n) is 1.38. The number of ether oxygens (including phenoxy) is 1. The highest BCUT2D eigenvalue weighted by Gasteiger charge is 2.16. The lowest BCUT2D eigenvalue weighted by molar-refractivity contribution is -0.386. The first kappa shape index (κ1) is 14.4. The highest BCUT2D eigenvalue weighted by atomic mass is 79.9. The zero-order chi connectivity index (χ0) is 14.7. The number of nitro benzene ring substituents is 1. The van der Waals surface area contributed by atoms with Crippen molar-refractivity contribution in [1.29, 1.82) is 0 Å². The number of nitro groups is 1. The minimum atomic E-state index is -1.11. The van der Waals surface area contributed by atoms with Crippen LogP contribution in [0.25, 0.3) is 0 Å². The van der Waals surface area contributed by atoms with Gasteiger partial charge >= 0.3 is 11.7 Å². The number of rotatable bonds is 5. The number of hydrogen-bond acceptors (Lipinski definition) is 6. The van der Waals surface area contributed by atoms with E-state index < -0.39 is 10.9 Å². The molecule has 0 saturated heterocycles. The molecule has 0 atom stereocenters. The van der Waals surface area contributed by atoms with Crippen molar-refractivity contribution in [2.24, 2.45) is 0 Å². The molecule has 104 valence electrons. The van der Waals surface area contributed by atoms with Gasteiger partial charge in [0, 0.05) is 15.9 Å². The molecule has 1 aromatic carbocycles. The van der Waals surface area contributed by atoms with Crippen molar-refractivity contribution in [3.63, 3.8) is 0 Å². The monoisotopic (exact) mass is 358 g/mol. The van der Waals surface area contributed by atoms with Gasteiger partial charge in [0.15, 0.2) is 5.75 Å². The summed E-state index contributed by atoms with van der Waals surface area (Å²) in [7, 11) is 0. The molecule has 1 aromatic heterocycles. The normalized spacial score (nSPS) is 10.2. The van der Waals surface area contributed by atoms with Crippen LogP contribution in [0.5, 0.6) is 5.75 Å². The van der Waals surface area contributed by atoms with Gasteiger partial charge in [0.05, 0.1) is 10.6 Å². The largest absolute Gasteiger partial charge is 0.480 e. The molecule has 0 aliphatic carbocycles. The number of carbonyl (C=O) groups is 1. The van der Waals surface area contributed by atoms with Crippen molar-refractivity contribution in [3.8, 4) is 5.75 Å². The second-order valence-electron chi connectivity index (χ2n) is 3.61. The van der Waals surface area contributed by atoms with Crippen molar-refractivity contribution in [1.82, 2.24) is 4.98 Å². The van der Waals surface area contributed by atoms with Gasteiger partial charge in [-0.05, 0) is 12.1 Å². The van der Waals surface area contributed by atoms with Crippen LogP contribution in [0, 0.1) is 10.1 Å². The molecule has 0 amide bonds. The number of aromatic nitrogens is 1. The van der Waals surface area contributed by atoms with Gasteiger partial charge in [-0.25, -0.2) is 9.78 Å². The number of thiazole rings is 1. The summed E-state index contributed by atoms with van der Waals surface area (Å²) in [5, 5.41) is 21.1. The van der Waals surface area contributed by atoms with Gasteiger partial charge in [-0.15, -0.1) is 11.3 Å². The minimum Gasteiger partial charge on any atom is -0.480 e. The standard InChI is InChI=1S/C11H7BrN2O5S/c12-6-1-2-9(8(3-6)14(17)18)19-4-7-5-20-10(13-7)11(15)16/h1-3,5H,4H2,(H,15,16). The SMILES string of the molecule is O=C(O)c1nc(COc2ccc(Br)cc2[N+](=O)[O-])cs1. The third-order valence-electron chi connectivity index (χ3n) is 2.23. The topological polar surface area (TPSA) is 103 Å². The molecule has 0 spiro atoms. The lowest BCUT2D eigenvalue weighted by Crippen LogP contribution is -2.01. The maximum Gasteiger partial charge on any atom is 0.365 e. The number of nitrogens with zero attached hydrogens (tertiary/aromatic N) is 2. The Morgan fingerprint density at radius 1 is 1.55 bits per heavy atom. The Morgan fingerprint density at radius 3 is 2.90 bits per heavy atom. The van der Waals surface area contributed by atoms with E-state index in [9.17, 15) is 14.9 Å². The predicted molar refractivity (Wildman–Crippen MR) is 74.2 cm³/mol. The molecular weight excluding hydrogens is 352 g/mol. The van der Waals surface area contributed by atoms with Gasteiger partial charge in [-0.1, -0.05) is 15.9 Å². The zero-order valence-corrected chi connectivity index (χ0v) is 12.2. The molecule has 0 unspecified atom stereocenters. The summed E-state index contributed by atoms with van der Waals surface area (Å²) in [4.78, 5) is 24.9. The van der Waals surface area contributed by atoms with E-state index in [0.717, 1.165) is 11.3 Å². The quantitative estimate of drug-likeness (QED) is 0.650. The van der Waals surface area contributed by atoms with Crippen molar-refractivity contribution >= 4 is 38.9 Å². The fourth-order valence-corrected chi connectivity index (χ4v) is 2.37. The Morgan fingerprint density at radius 2 is 2.30 bits per heavy atom. The van der Waals surface area contributed by atoms with Crippen LogP contribution in [-0.4, -0.2) is 21.0 Å². The lowest BCUT2D eigenvalue weighted by atomic mass is 10.3. The summed E-state index contributed by atoms with van der Waals surface area (Å²) in [6, 6.07) is 4.41. The van der Waals surface area contributed by atoms with Crippen LogP contribution in [0.15, 0.2) is 28.1 Å². The Hall–Kier alpha value is -2.00. The van der Waals surface area contributed by atoms with Crippen LogP contribution in [0.4, 0.5) is 5.69 Å². The summed E-state index contributed by atoms with van der Waals surface area (Å²) < 4.78 is 5.89. The van der Waals surface area contributed by atoms with Gasteiger partial charge in [-0.3, -0.25) is 10.1 Å². The average Bonchev–Trinajstić information content (AvgIpc) is 2.86. The molecular formula is C11H7BrN2O5S. The molecule has 0 aliphatic rings. The zero-order valence-electron chi connectivity index (χ0n) is 9.78. The summed E-state index contributed by atoms with van der Waals surface area (Å²) in [6.45, 7) is -0.0355. The van der Waals surface area contributed by atoms with E-state index in [0.29, 0.717) is 10.2 Å². The molecule has 0 bridgehead atoms. The van der Waals surface area contributed by atoms with E-state index in [1.54, 1.807) is 6.07 Å². The number of aromatic carboxylic acids is 1. The Bertz CT molecular complexity index is 673. The lowest BCUT2D eigenvalue weighted by Gasteiger charge is -2.05. The average molecular weight is 359 g/mol. The first-order valence-corrected chi connectivity index (χ1v) is 6.89. The van der Waals surface area contributed by atoms with E-state index in [1.807, 2.05) is 0 Å². The number of halogens is 1. The van der Waals surface area contributed by atoms with E-state index in [1.165, 1.54) is 17.5 Å². The fraction of sp³-hybridized carbons (Fsp3) is 0.0909. The third-order valence-corrected chi connectivity index (χ3v) is 3.60. The van der Waals surface area contributed by atoms with Gasteiger partial charge in [0.2, 0.25) is 5.01 Å². The number of hydrogen-bond donors (Lipinski definition) is 1. The molecule has 2 aromatic rings. The Balaban J connectivity index is 2.14. The molecule has 0 radical (unpaired) electrons. The van der Waals surface area contributed by atoms with Gasteiger partial charge in [0.1, 0.15) is 6.61 Å². The van der Waals surface area contributed by atoms with Crippen molar-refractivity contribution in [3.05, 3.63) is 48.9 Å². The smallest absolute Gasteiger partial charge is 0.365 e. The molecule has 1 N–H and O–H groups in total. The molecule has 20 heavy (non-hydrogen) atoms. The highest BCUT2D eigenvalue weighted by Crippen LogP contribution is 2.30. The number of benzene rings is 1. The predicted octanol–water partition coefficient (Wildman–Crippen LogP) is 3.09. The Kier molecular flexibility index (Phi) is 4.30. The second-order valence-corrected chi connectivity index (χ2v) is 5.38. The summed E-state index contributed by atoms with van der Waals surface area (Å²) in [5.74, 6) is -1.01. The first-order valence-electron chi connectivity index (χ1n) is 5.22. The maximum atomic E-state index is 10.9. The molecule has 0 aliphatic heterocycles. The van der Waals surface area contributed by atoms with Gasteiger partial charge in [0.25, 0.3) is 0 Å². The molecule has 9 heteroatoms. The first-order chi connectivity index (χ1) is 9.47. The molecule has 0 fully saturated rings. The van der Waals surface area contributed by atoms with E-state index >= 15 is 0 Å². The second kappa shape index (κ2) is 5.97. The van der Waals surface area contributed by atoms with Crippen molar-refractivity contribution in [2.75, 3.05) is 0 Å². The summed E-state index contributed by atoms with van der Waals surface area (Å²) in [5.41, 5.74) is 0.234. The van der Waals surface area contributed by atoms with Gasteiger partial charge < -0.3 is 9.84 Å². The molecule has 7 nitrogen and oxygen atoms in total. The van der Waals surface area contributed by atoms with Crippen LogP contribution < -0.4 is 4.74 Å². The summed E-state index contributed by atoms with van der Waals surface area (Å²) in [6.07, 6.45) is 0. The molecule has 0 saturated carbocycles. The van der Waals surface area contributed by atoms with Crippen molar-refractivity contribution < 1.29 is 19.6 Å². The van der Waals surface area contributed by atoms with E-state index in [4.69, 9.17) is 9.84 Å². The third kappa shape index (κ3) is 3.31. The van der Waals surface area contributed by atoms with Crippen molar-refractivity contribution in [2.45, 2.75) is 6.61 Å². The van der Waals surface area contributed by atoms with E-state index in [-0.39, 0.29) is 23.1 Å². The maximum absolute atomic E-state index is 10.9. The Labute approximate surface area is 125 Å². The number of carboxylic acids is 1. The summed E-state index contributed by atoms with van der Waals surface area (Å²) >= 11 is 4.12. The minimum absolute atomic E-state index is 0.0355.